The van der Waals surface area contributed by atoms with Crippen LogP contribution in [0.5, 0.6) is 17.4 Å². The number of aromatic amines is 1. The molecule has 21 heavy (non-hydrogen) atoms. The van der Waals surface area contributed by atoms with E-state index in [0.717, 1.165) is 12.2 Å². The summed E-state index contributed by atoms with van der Waals surface area (Å²) in [7, 11) is 0. The summed E-state index contributed by atoms with van der Waals surface area (Å²) >= 11 is 0. The third-order valence-corrected chi connectivity index (χ3v) is 2.80. The van der Waals surface area contributed by atoms with Crippen molar-refractivity contribution in [2.75, 3.05) is 6.61 Å². The number of hydrogen-bond donors (Lipinski definition) is 1. The molecule has 0 radical (unpaired) electrons. The maximum atomic E-state index is 11.6. The van der Waals surface area contributed by atoms with Gasteiger partial charge in [0.1, 0.15) is 17.3 Å². The van der Waals surface area contributed by atoms with Gasteiger partial charge in [-0.3, -0.25) is 4.79 Å². The van der Waals surface area contributed by atoms with Crippen LogP contribution in [0, 0.1) is 0 Å². The quantitative estimate of drug-likeness (QED) is 0.884. The lowest BCUT2D eigenvalue weighted by Crippen LogP contribution is -2.11. The van der Waals surface area contributed by atoms with Crippen molar-refractivity contribution in [2.45, 2.75) is 33.1 Å². The predicted octanol–water partition coefficient (Wildman–Crippen LogP) is 3.47. The second-order valence-corrected chi connectivity index (χ2v) is 5.05. The van der Waals surface area contributed by atoms with E-state index in [0.29, 0.717) is 24.1 Å². The molecule has 0 saturated heterocycles. The number of ether oxygens (including phenoxy) is 2. The van der Waals surface area contributed by atoms with Crippen LogP contribution in [0.25, 0.3) is 0 Å². The first-order valence-corrected chi connectivity index (χ1v) is 7.10. The average molecular weight is 288 g/mol. The van der Waals surface area contributed by atoms with Crippen molar-refractivity contribution in [1.29, 1.82) is 0 Å². The SMILES string of the molecule is CCCOc1ccc(Oc2cc(=O)[nH]c(C(C)C)n2)cc1. The molecule has 0 aliphatic heterocycles. The first-order valence-electron chi connectivity index (χ1n) is 7.10. The summed E-state index contributed by atoms with van der Waals surface area (Å²) in [5.41, 5.74) is -0.216. The van der Waals surface area contributed by atoms with E-state index in [9.17, 15) is 4.79 Å². The van der Waals surface area contributed by atoms with Crippen LogP contribution in [0.2, 0.25) is 0 Å². The highest BCUT2D eigenvalue weighted by molar-refractivity contribution is 5.33. The Morgan fingerprint density at radius 1 is 1.19 bits per heavy atom. The minimum Gasteiger partial charge on any atom is -0.494 e. The van der Waals surface area contributed by atoms with Crippen LogP contribution >= 0.6 is 0 Å². The lowest BCUT2D eigenvalue weighted by molar-refractivity contribution is 0.317. The lowest BCUT2D eigenvalue weighted by atomic mass is 10.2. The summed E-state index contributed by atoms with van der Waals surface area (Å²) in [4.78, 5) is 18.6. The summed E-state index contributed by atoms with van der Waals surface area (Å²) in [6.45, 7) is 6.67. The van der Waals surface area contributed by atoms with Crippen LogP contribution in [-0.4, -0.2) is 16.6 Å². The number of nitrogens with one attached hydrogen (secondary N) is 1. The monoisotopic (exact) mass is 288 g/mol. The molecule has 112 valence electrons. The van der Waals surface area contributed by atoms with E-state index in [1.165, 1.54) is 6.07 Å². The van der Waals surface area contributed by atoms with E-state index < -0.39 is 0 Å². The standard InChI is InChI=1S/C16H20N2O3/c1-4-9-20-12-5-7-13(8-6-12)21-15-10-14(19)17-16(18-15)11(2)3/h5-8,10-11H,4,9H2,1-3H3,(H,17,18,19). The molecule has 0 spiro atoms. The number of benzene rings is 1. The number of nitrogens with zero attached hydrogens (tertiary/aromatic N) is 1. The molecule has 5 heteroatoms. The molecule has 0 saturated carbocycles. The summed E-state index contributed by atoms with van der Waals surface area (Å²) < 4.78 is 11.1. The summed E-state index contributed by atoms with van der Waals surface area (Å²) in [5, 5.41) is 0. The van der Waals surface area contributed by atoms with Crippen LogP contribution in [0.3, 0.4) is 0 Å². The van der Waals surface area contributed by atoms with Gasteiger partial charge in [-0.05, 0) is 30.7 Å². The predicted molar refractivity (Wildman–Crippen MR) is 81.2 cm³/mol. The molecular weight excluding hydrogens is 268 g/mol. The molecule has 1 N–H and O–H groups in total. The molecule has 1 heterocycles. The van der Waals surface area contributed by atoms with E-state index in [2.05, 4.69) is 16.9 Å². The summed E-state index contributed by atoms with van der Waals surface area (Å²) in [5.74, 6) is 2.45. The van der Waals surface area contributed by atoms with Crippen molar-refractivity contribution in [2.24, 2.45) is 0 Å². The highest BCUT2D eigenvalue weighted by Crippen LogP contribution is 2.22. The van der Waals surface area contributed by atoms with Crippen LogP contribution in [0.4, 0.5) is 0 Å². The molecule has 5 nitrogen and oxygen atoms in total. The third-order valence-electron chi connectivity index (χ3n) is 2.80. The molecule has 0 atom stereocenters. The normalized spacial score (nSPS) is 10.7. The van der Waals surface area contributed by atoms with Crippen LogP contribution in [0.1, 0.15) is 38.9 Å². The molecule has 1 aromatic heterocycles. The third kappa shape index (κ3) is 4.34. The van der Waals surface area contributed by atoms with Crippen LogP contribution < -0.4 is 15.0 Å². The number of rotatable bonds is 6. The zero-order valence-electron chi connectivity index (χ0n) is 12.6. The van der Waals surface area contributed by atoms with Gasteiger partial charge in [0.2, 0.25) is 5.88 Å². The van der Waals surface area contributed by atoms with Gasteiger partial charge in [0.25, 0.3) is 5.56 Å². The maximum Gasteiger partial charge on any atom is 0.254 e. The minimum atomic E-state index is -0.216. The molecule has 0 fully saturated rings. The topological polar surface area (TPSA) is 64.2 Å². The molecule has 0 bridgehead atoms. The van der Waals surface area contributed by atoms with Gasteiger partial charge in [-0.15, -0.1) is 0 Å². The highest BCUT2D eigenvalue weighted by Gasteiger charge is 2.07. The fourth-order valence-electron chi connectivity index (χ4n) is 1.72. The molecule has 0 amide bonds. The van der Waals surface area contributed by atoms with Gasteiger partial charge in [0.05, 0.1) is 12.7 Å². The Labute approximate surface area is 124 Å². The molecule has 1 aromatic carbocycles. The second-order valence-electron chi connectivity index (χ2n) is 5.05. The molecule has 2 aromatic rings. The molecule has 0 aliphatic rings. The van der Waals surface area contributed by atoms with Crippen LogP contribution in [0.15, 0.2) is 35.1 Å². The Bertz CT molecular complexity index is 633. The van der Waals surface area contributed by atoms with Gasteiger partial charge in [-0.25, -0.2) is 0 Å². The van der Waals surface area contributed by atoms with Crippen molar-refractivity contribution in [1.82, 2.24) is 9.97 Å². The average Bonchev–Trinajstić information content (AvgIpc) is 2.46. The zero-order chi connectivity index (χ0) is 15.2. The summed E-state index contributed by atoms with van der Waals surface area (Å²) in [6.07, 6.45) is 0.965. The van der Waals surface area contributed by atoms with E-state index >= 15 is 0 Å². The van der Waals surface area contributed by atoms with Crippen molar-refractivity contribution in [3.63, 3.8) is 0 Å². The van der Waals surface area contributed by atoms with E-state index in [1.54, 1.807) is 12.1 Å². The van der Waals surface area contributed by atoms with Crippen LogP contribution in [-0.2, 0) is 0 Å². The zero-order valence-corrected chi connectivity index (χ0v) is 12.6. The largest absolute Gasteiger partial charge is 0.494 e. The van der Waals surface area contributed by atoms with Gasteiger partial charge < -0.3 is 14.5 Å². The Morgan fingerprint density at radius 2 is 1.86 bits per heavy atom. The van der Waals surface area contributed by atoms with Gasteiger partial charge >= 0.3 is 0 Å². The Hall–Kier alpha value is -2.30. The molecule has 0 unspecified atom stereocenters. The van der Waals surface area contributed by atoms with Crippen molar-refractivity contribution < 1.29 is 9.47 Å². The van der Waals surface area contributed by atoms with Gasteiger partial charge in [0, 0.05) is 5.92 Å². The molecule has 0 aliphatic carbocycles. The van der Waals surface area contributed by atoms with Gasteiger partial charge in [-0.2, -0.15) is 4.98 Å². The Morgan fingerprint density at radius 3 is 2.48 bits per heavy atom. The highest BCUT2D eigenvalue weighted by atomic mass is 16.5. The number of hydrogen-bond acceptors (Lipinski definition) is 4. The van der Waals surface area contributed by atoms with E-state index in [1.807, 2.05) is 26.0 Å². The van der Waals surface area contributed by atoms with Crippen molar-refractivity contribution in [3.8, 4) is 17.4 Å². The first-order chi connectivity index (χ1) is 10.1. The second kappa shape index (κ2) is 6.92. The minimum absolute atomic E-state index is 0.131. The van der Waals surface area contributed by atoms with E-state index in [-0.39, 0.29) is 11.5 Å². The smallest absolute Gasteiger partial charge is 0.254 e. The maximum absolute atomic E-state index is 11.6. The Kier molecular flexibility index (Phi) is 4.98. The number of H-pyrrole nitrogens is 1. The van der Waals surface area contributed by atoms with Gasteiger partial charge in [-0.1, -0.05) is 20.8 Å². The fourth-order valence-corrected chi connectivity index (χ4v) is 1.72. The molecule has 2 rings (SSSR count). The fraction of sp³-hybridized carbons (Fsp3) is 0.375. The van der Waals surface area contributed by atoms with Crippen molar-refractivity contribution >= 4 is 0 Å². The number of aromatic nitrogens is 2. The lowest BCUT2D eigenvalue weighted by Gasteiger charge is -2.09. The van der Waals surface area contributed by atoms with Gasteiger partial charge in [0.15, 0.2) is 0 Å². The summed E-state index contributed by atoms with van der Waals surface area (Å²) in [6, 6.07) is 8.60. The molecular formula is C16H20N2O3. The first kappa shape index (κ1) is 15.1. The van der Waals surface area contributed by atoms with Crippen molar-refractivity contribution in [3.05, 3.63) is 46.5 Å². The Balaban J connectivity index is 2.12. The van der Waals surface area contributed by atoms with E-state index in [4.69, 9.17) is 9.47 Å².